The Labute approximate surface area is 215 Å². The highest BCUT2D eigenvalue weighted by Crippen LogP contribution is 2.29. The monoisotopic (exact) mass is 498 g/mol. The van der Waals surface area contributed by atoms with Crippen molar-refractivity contribution in [2.45, 2.75) is 25.3 Å². The Morgan fingerprint density at radius 3 is 2.57 bits per heavy atom. The predicted octanol–water partition coefficient (Wildman–Crippen LogP) is 4.47. The van der Waals surface area contributed by atoms with Crippen LogP contribution in [0.4, 0.5) is 0 Å². The van der Waals surface area contributed by atoms with Gasteiger partial charge in [0, 0.05) is 44.1 Å². The highest BCUT2D eigenvalue weighted by Gasteiger charge is 2.34. The molecular formula is C29H30N4O4. The summed E-state index contributed by atoms with van der Waals surface area (Å²) in [6.45, 7) is 1.25. The third-order valence-electron chi connectivity index (χ3n) is 7.22. The lowest BCUT2D eigenvalue weighted by atomic mass is 9.84. The molecule has 1 unspecified atom stereocenters. The lowest BCUT2D eigenvalue weighted by molar-refractivity contribution is 0.0505. The molecule has 0 aliphatic carbocycles. The summed E-state index contributed by atoms with van der Waals surface area (Å²) >= 11 is 0. The van der Waals surface area contributed by atoms with E-state index < -0.39 is 0 Å². The number of piperidine rings is 1. The fraction of sp³-hybridized carbons (Fsp3) is 0.310. The van der Waals surface area contributed by atoms with Crippen LogP contribution >= 0.6 is 0 Å². The van der Waals surface area contributed by atoms with Crippen molar-refractivity contribution in [3.05, 3.63) is 90.1 Å². The Bertz CT molecular complexity index is 1380. The van der Waals surface area contributed by atoms with Gasteiger partial charge in [-0.15, -0.1) is 0 Å². The van der Waals surface area contributed by atoms with Crippen LogP contribution < -0.4 is 4.74 Å². The van der Waals surface area contributed by atoms with E-state index in [1.54, 1.807) is 42.6 Å². The van der Waals surface area contributed by atoms with E-state index in [1.165, 1.54) is 6.26 Å². The van der Waals surface area contributed by atoms with Crippen molar-refractivity contribution in [2.24, 2.45) is 5.92 Å². The van der Waals surface area contributed by atoms with Crippen LogP contribution in [-0.2, 0) is 6.42 Å². The fourth-order valence-corrected chi connectivity index (χ4v) is 5.15. The first kappa shape index (κ1) is 24.5. The molecule has 1 saturated heterocycles. The minimum atomic E-state index is -0.145. The molecule has 1 fully saturated rings. The first-order valence-electron chi connectivity index (χ1n) is 12.5. The van der Waals surface area contributed by atoms with Crippen LogP contribution in [-0.4, -0.2) is 64.9 Å². The van der Waals surface area contributed by atoms with Crippen LogP contribution in [0.1, 0.15) is 39.3 Å². The van der Waals surface area contributed by atoms with Gasteiger partial charge in [-0.3, -0.25) is 19.6 Å². The number of likely N-dealkylation sites (N-methyl/N-ethyl adjacent to an activating group) is 1. The van der Waals surface area contributed by atoms with E-state index in [1.807, 2.05) is 42.3 Å². The number of furan rings is 1. The number of aromatic nitrogens is 2. The zero-order valence-electron chi connectivity index (χ0n) is 21.0. The smallest absolute Gasteiger partial charge is 0.289 e. The molecule has 8 nitrogen and oxygen atoms in total. The van der Waals surface area contributed by atoms with Gasteiger partial charge in [-0.25, -0.2) is 0 Å². The van der Waals surface area contributed by atoms with Gasteiger partial charge in [0.05, 0.1) is 24.4 Å². The first-order valence-corrected chi connectivity index (χ1v) is 12.5. The highest BCUT2D eigenvalue weighted by atomic mass is 16.5. The molecule has 37 heavy (non-hydrogen) atoms. The SMILES string of the molecule is COc1cccc(CC(C2CCN(C(=O)c3ccc4nccnc4c3)CC2)N(C)C(=O)c2ccco2)c1. The third kappa shape index (κ3) is 5.33. The maximum Gasteiger partial charge on any atom is 0.289 e. The fourth-order valence-electron chi connectivity index (χ4n) is 5.15. The number of ether oxygens (including phenoxy) is 1. The summed E-state index contributed by atoms with van der Waals surface area (Å²) in [4.78, 5) is 38.8. The molecule has 0 bridgehead atoms. The van der Waals surface area contributed by atoms with E-state index in [0.29, 0.717) is 36.4 Å². The number of rotatable bonds is 7. The van der Waals surface area contributed by atoms with Gasteiger partial charge in [-0.1, -0.05) is 12.1 Å². The largest absolute Gasteiger partial charge is 0.497 e. The number of nitrogens with zero attached hydrogens (tertiary/aromatic N) is 4. The second-order valence-electron chi connectivity index (χ2n) is 9.41. The summed E-state index contributed by atoms with van der Waals surface area (Å²) in [5.74, 6) is 1.19. The average molecular weight is 499 g/mol. The van der Waals surface area contributed by atoms with Crippen molar-refractivity contribution >= 4 is 22.8 Å². The Morgan fingerprint density at radius 1 is 1.05 bits per heavy atom. The Hall–Kier alpha value is -4.20. The predicted molar refractivity (Wildman–Crippen MR) is 139 cm³/mol. The Kier molecular flexibility index (Phi) is 7.16. The van der Waals surface area contributed by atoms with Crippen molar-refractivity contribution in [1.82, 2.24) is 19.8 Å². The summed E-state index contributed by atoms with van der Waals surface area (Å²) in [5.41, 5.74) is 3.19. The van der Waals surface area contributed by atoms with Crippen molar-refractivity contribution < 1.29 is 18.7 Å². The number of hydrogen-bond acceptors (Lipinski definition) is 6. The van der Waals surface area contributed by atoms with Gasteiger partial charge in [-0.2, -0.15) is 0 Å². The molecule has 0 spiro atoms. The van der Waals surface area contributed by atoms with Crippen molar-refractivity contribution in [1.29, 1.82) is 0 Å². The maximum atomic E-state index is 13.3. The van der Waals surface area contributed by atoms with Crippen LogP contribution in [0.15, 0.2) is 77.7 Å². The lowest BCUT2D eigenvalue weighted by Crippen LogP contribution is -2.48. The molecular weight excluding hydrogens is 468 g/mol. The van der Waals surface area contributed by atoms with E-state index in [2.05, 4.69) is 16.0 Å². The molecule has 4 aromatic rings. The van der Waals surface area contributed by atoms with Crippen LogP contribution in [0, 0.1) is 5.92 Å². The number of amides is 2. The van der Waals surface area contributed by atoms with Crippen LogP contribution in [0.25, 0.3) is 11.0 Å². The number of fused-ring (bicyclic) bond motifs is 1. The highest BCUT2D eigenvalue weighted by molar-refractivity contribution is 5.97. The molecule has 3 heterocycles. The Balaban J connectivity index is 1.32. The third-order valence-corrected chi connectivity index (χ3v) is 7.22. The maximum absolute atomic E-state index is 13.3. The van der Waals surface area contributed by atoms with E-state index in [4.69, 9.17) is 9.15 Å². The van der Waals surface area contributed by atoms with Crippen molar-refractivity contribution in [2.75, 3.05) is 27.2 Å². The Morgan fingerprint density at radius 2 is 1.84 bits per heavy atom. The quantitative estimate of drug-likeness (QED) is 0.374. The normalized spacial score (nSPS) is 14.9. The van der Waals surface area contributed by atoms with Gasteiger partial charge in [-0.05, 0) is 73.2 Å². The molecule has 1 aliphatic heterocycles. The van der Waals surface area contributed by atoms with Crippen LogP contribution in [0.2, 0.25) is 0 Å². The molecule has 1 atom stereocenters. The number of carbonyl (C=O) groups excluding carboxylic acids is 2. The standard InChI is InChI=1S/C29H30N4O4/c1-32(29(35)27-7-4-16-37-27)26(18-20-5-3-6-23(17-20)36-2)21-10-14-33(15-11-21)28(34)22-8-9-24-25(19-22)31-13-12-30-24/h3-9,12-13,16-17,19,21,26H,10-11,14-15,18H2,1-2H3. The molecule has 2 aromatic carbocycles. The number of benzene rings is 2. The number of hydrogen-bond donors (Lipinski definition) is 0. The molecule has 1 aliphatic rings. The topological polar surface area (TPSA) is 88.8 Å². The van der Waals surface area contributed by atoms with Crippen molar-refractivity contribution in [3.63, 3.8) is 0 Å². The van der Waals surface area contributed by atoms with E-state index >= 15 is 0 Å². The van der Waals surface area contributed by atoms with Crippen LogP contribution in [0.3, 0.4) is 0 Å². The summed E-state index contributed by atoms with van der Waals surface area (Å²) < 4.78 is 10.8. The van der Waals surface area contributed by atoms with Gasteiger partial charge < -0.3 is 19.0 Å². The average Bonchev–Trinajstić information content (AvgIpc) is 3.50. The number of carbonyl (C=O) groups is 2. The van der Waals surface area contributed by atoms with Crippen LogP contribution in [0.5, 0.6) is 5.75 Å². The zero-order chi connectivity index (χ0) is 25.8. The molecule has 0 saturated carbocycles. The number of likely N-dealkylation sites (tertiary alicyclic amines) is 1. The summed E-state index contributed by atoms with van der Waals surface area (Å²) in [6.07, 6.45) is 7.06. The van der Waals surface area contributed by atoms with E-state index in [0.717, 1.165) is 29.7 Å². The molecule has 8 heteroatoms. The molecule has 5 rings (SSSR count). The molecule has 2 amide bonds. The number of methoxy groups -OCH3 is 1. The molecule has 0 radical (unpaired) electrons. The van der Waals surface area contributed by atoms with Crippen molar-refractivity contribution in [3.8, 4) is 5.75 Å². The van der Waals surface area contributed by atoms with Gasteiger partial charge >= 0.3 is 0 Å². The molecule has 190 valence electrons. The minimum Gasteiger partial charge on any atom is -0.497 e. The molecule has 0 N–H and O–H groups in total. The van der Waals surface area contributed by atoms with Gasteiger partial charge in [0.1, 0.15) is 5.75 Å². The van der Waals surface area contributed by atoms with E-state index in [9.17, 15) is 9.59 Å². The van der Waals surface area contributed by atoms with Gasteiger partial charge in [0.25, 0.3) is 11.8 Å². The lowest BCUT2D eigenvalue weighted by Gasteiger charge is -2.40. The van der Waals surface area contributed by atoms with E-state index in [-0.39, 0.29) is 23.8 Å². The zero-order valence-corrected chi connectivity index (χ0v) is 21.0. The minimum absolute atomic E-state index is 0.00429. The van der Waals surface area contributed by atoms with Gasteiger partial charge in [0.15, 0.2) is 5.76 Å². The second kappa shape index (κ2) is 10.8. The van der Waals surface area contributed by atoms with Gasteiger partial charge in [0.2, 0.25) is 0 Å². The molecule has 2 aromatic heterocycles. The second-order valence-corrected chi connectivity index (χ2v) is 9.41. The first-order chi connectivity index (χ1) is 18.0. The summed E-state index contributed by atoms with van der Waals surface area (Å²) in [6, 6.07) is 16.8. The summed E-state index contributed by atoms with van der Waals surface area (Å²) in [7, 11) is 3.49. The summed E-state index contributed by atoms with van der Waals surface area (Å²) in [5, 5.41) is 0.